The van der Waals surface area contributed by atoms with Crippen LogP contribution in [0.1, 0.15) is 5.56 Å². The second kappa shape index (κ2) is 5.71. The van der Waals surface area contributed by atoms with Crippen LogP contribution in [0.2, 0.25) is 10.0 Å². The third-order valence-corrected chi connectivity index (χ3v) is 4.45. The van der Waals surface area contributed by atoms with Crippen LogP contribution in [0.15, 0.2) is 47.4 Å². The Hall–Kier alpha value is -1.74. The smallest absolute Gasteiger partial charge is 0.262 e. The number of para-hydroxylation sites is 1. The maximum absolute atomic E-state index is 12.2. The van der Waals surface area contributed by atoms with Gasteiger partial charge in [-0.05, 0) is 30.3 Å². The number of hydrogen-bond acceptors (Lipinski definition) is 3. The maximum Gasteiger partial charge on any atom is 0.262 e. The molecule has 0 radical (unpaired) electrons. The molecular formula is C13H8Cl2N2O2S. The van der Waals surface area contributed by atoms with E-state index in [2.05, 4.69) is 4.72 Å². The van der Waals surface area contributed by atoms with Crippen LogP contribution in [0, 0.1) is 11.3 Å². The van der Waals surface area contributed by atoms with E-state index in [-0.39, 0.29) is 26.2 Å². The molecule has 0 amide bonds. The number of nitriles is 1. The van der Waals surface area contributed by atoms with Gasteiger partial charge in [-0.1, -0.05) is 35.3 Å². The van der Waals surface area contributed by atoms with Gasteiger partial charge in [0.15, 0.2) is 0 Å². The average Bonchev–Trinajstić information content (AvgIpc) is 2.43. The summed E-state index contributed by atoms with van der Waals surface area (Å²) in [5.41, 5.74) is 0.358. The van der Waals surface area contributed by atoms with Crippen LogP contribution in [0.25, 0.3) is 0 Å². The van der Waals surface area contributed by atoms with E-state index < -0.39 is 10.0 Å². The lowest BCUT2D eigenvalue weighted by Crippen LogP contribution is -2.13. The molecule has 2 rings (SSSR count). The molecule has 102 valence electrons. The van der Waals surface area contributed by atoms with E-state index in [4.69, 9.17) is 28.5 Å². The second-order valence-electron chi connectivity index (χ2n) is 3.84. The lowest BCUT2D eigenvalue weighted by Gasteiger charge is -2.11. The summed E-state index contributed by atoms with van der Waals surface area (Å²) in [6.45, 7) is 0. The summed E-state index contributed by atoms with van der Waals surface area (Å²) in [4.78, 5) is -0.0347. The van der Waals surface area contributed by atoms with Crippen molar-refractivity contribution in [1.82, 2.24) is 0 Å². The number of hydrogen-bond donors (Lipinski definition) is 1. The highest BCUT2D eigenvalue weighted by Gasteiger charge is 2.17. The van der Waals surface area contributed by atoms with Gasteiger partial charge in [-0.2, -0.15) is 5.26 Å². The van der Waals surface area contributed by atoms with Gasteiger partial charge in [0.05, 0.1) is 32.3 Å². The lowest BCUT2D eigenvalue weighted by atomic mass is 10.2. The largest absolute Gasteiger partial charge is 0.277 e. The molecule has 2 aromatic rings. The fourth-order valence-corrected chi connectivity index (χ4v) is 3.27. The van der Waals surface area contributed by atoms with Gasteiger partial charge in [0, 0.05) is 0 Å². The van der Waals surface area contributed by atoms with E-state index in [1.165, 1.54) is 36.4 Å². The molecule has 0 fully saturated rings. The molecule has 0 heterocycles. The van der Waals surface area contributed by atoms with Crippen molar-refractivity contribution in [3.05, 3.63) is 58.1 Å². The first-order valence-corrected chi connectivity index (χ1v) is 7.65. The third-order valence-electron chi connectivity index (χ3n) is 2.47. The normalized spacial score (nSPS) is 10.8. The molecule has 0 saturated carbocycles. The van der Waals surface area contributed by atoms with Crippen LogP contribution in [-0.4, -0.2) is 8.42 Å². The Bertz CT molecular complexity index is 778. The molecule has 0 atom stereocenters. The minimum absolute atomic E-state index is 0.0347. The van der Waals surface area contributed by atoms with Crippen molar-refractivity contribution in [3.63, 3.8) is 0 Å². The monoisotopic (exact) mass is 326 g/mol. The van der Waals surface area contributed by atoms with Gasteiger partial charge in [-0.25, -0.2) is 8.42 Å². The van der Waals surface area contributed by atoms with Crippen molar-refractivity contribution in [2.45, 2.75) is 4.90 Å². The SMILES string of the molecule is N#Cc1cccc(S(=O)(=O)Nc2c(Cl)cccc2Cl)c1. The second-order valence-corrected chi connectivity index (χ2v) is 6.34. The highest BCUT2D eigenvalue weighted by atomic mass is 35.5. The molecule has 7 heteroatoms. The molecular weight excluding hydrogens is 319 g/mol. The fraction of sp³-hybridized carbons (Fsp3) is 0. The highest BCUT2D eigenvalue weighted by Crippen LogP contribution is 2.31. The molecule has 0 unspecified atom stereocenters. The Morgan fingerprint density at radius 2 is 1.65 bits per heavy atom. The Kier molecular flexibility index (Phi) is 4.19. The fourth-order valence-electron chi connectivity index (χ4n) is 1.52. The Morgan fingerprint density at radius 1 is 1.05 bits per heavy atom. The molecule has 2 aromatic carbocycles. The molecule has 4 nitrogen and oxygen atoms in total. The van der Waals surface area contributed by atoms with Gasteiger partial charge in [0.25, 0.3) is 10.0 Å². The molecule has 0 aliphatic carbocycles. The summed E-state index contributed by atoms with van der Waals surface area (Å²) < 4.78 is 26.8. The van der Waals surface area contributed by atoms with Gasteiger partial charge >= 0.3 is 0 Å². The quantitative estimate of drug-likeness (QED) is 0.935. The van der Waals surface area contributed by atoms with Crippen LogP contribution < -0.4 is 4.72 Å². The molecule has 0 bridgehead atoms. The molecule has 1 N–H and O–H groups in total. The number of anilines is 1. The predicted molar refractivity (Wildman–Crippen MR) is 78.4 cm³/mol. The highest BCUT2D eigenvalue weighted by molar-refractivity contribution is 7.92. The van der Waals surface area contributed by atoms with Crippen molar-refractivity contribution < 1.29 is 8.42 Å². The molecule has 0 aromatic heterocycles. The summed E-state index contributed by atoms with van der Waals surface area (Å²) in [5.74, 6) is 0. The van der Waals surface area contributed by atoms with Gasteiger partial charge in [0.1, 0.15) is 0 Å². The molecule has 0 aliphatic rings. The number of rotatable bonds is 3. The van der Waals surface area contributed by atoms with Crippen molar-refractivity contribution in [2.24, 2.45) is 0 Å². The zero-order chi connectivity index (χ0) is 14.8. The first-order chi connectivity index (χ1) is 9.44. The molecule has 0 saturated heterocycles. The van der Waals surface area contributed by atoms with E-state index in [1.54, 1.807) is 6.07 Å². The van der Waals surface area contributed by atoms with Crippen molar-refractivity contribution in [2.75, 3.05) is 4.72 Å². The standard InChI is InChI=1S/C13H8Cl2N2O2S/c14-11-5-2-6-12(15)13(11)17-20(18,19)10-4-1-3-9(7-10)8-16/h1-7,17H. The summed E-state index contributed by atoms with van der Waals surface area (Å²) >= 11 is 11.8. The number of halogens is 2. The zero-order valence-electron chi connectivity index (χ0n) is 9.97. The summed E-state index contributed by atoms with van der Waals surface area (Å²) in [6, 6.07) is 12.2. The number of benzene rings is 2. The minimum atomic E-state index is -3.86. The molecule has 20 heavy (non-hydrogen) atoms. The zero-order valence-corrected chi connectivity index (χ0v) is 12.3. The number of sulfonamides is 1. The van der Waals surface area contributed by atoms with E-state index in [9.17, 15) is 8.42 Å². The van der Waals surface area contributed by atoms with E-state index in [0.717, 1.165) is 0 Å². The first-order valence-electron chi connectivity index (χ1n) is 5.41. The Labute approximate surface area is 126 Å². The van der Waals surface area contributed by atoms with E-state index in [0.29, 0.717) is 0 Å². The van der Waals surface area contributed by atoms with Crippen LogP contribution in [0.4, 0.5) is 5.69 Å². The van der Waals surface area contributed by atoms with Crippen LogP contribution >= 0.6 is 23.2 Å². The Balaban J connectivity index is 2.44. The molecule has 0 aliphatic heterocycles. The number of nitrogens with zero attached hydrogens (tertiary/aromatic N) is 1. The summed E-state index contributed by atoms with van der Waals surface area (Å²) in [6.07, 6.45) is 0. The van der Waals surface area contributed by atoms with E-state index >= 15 is 0 Å². The van der Waals surface area contributed by atoms with Gasteiger partial charge in [-0.3, -0.25) is 4.72 Å². The third kappa shape index (κ3) is 3.05. The van der Waals surface area contributed by atoms with Crippen molar-refractivity contribution in [1.29, 1.82) is 5.26 Å². The predicted octanol–water partition coefficient (Wildman–Crippen LogP) is 3.67. The van der Waals surface area contributed by atoms with Crippen LogP contribution in [0.5, 0.6) is 0 Å². The lowest BCUT2D eigenvalue weighted by molar-refractivity contribution is 0.601. The summed E-state index contributed by atoms with van der Waals surface area (Å²) in [7, 11) is -3.86. The average molecular weight is 327 g/mol. The molecule has 0 spiro atoms. The van der Waals surface area contributed by atoms with Gasteiger partial charge < -0.3 is 0 Å². The van der Waals surface area contributed by atoms with Crippen molar-refractivity contribution >= 4 is 38.9 Å². The minimum Gasteiger partial charge on any atom is -0.277 e. The van der Waals surface area contributed by atoms with E-state index in [1.807, 2.05) is 6.07 Å². The first kappa shape index (κ1) is 14.7. The van der Waals surface area contributed by atoms with Crippen LogP contribution in [-0.2, 0) is 10.0 Å². The summed E-state index contributed by atoms with van der Waals surface area (Å²) in [5, 5.41) is 9.18. The Morgan fingerprint density at radius 3 is 2.25 bits per heavy atom. The topological polar surface area (TPSA) is 70.0 Å². The van der Waals surface area contributed by atoms with Gasteiger partial charge in [-0.15, -0.1) is 0 Å². The van der Waals surface area contributed by atoms with Crippen molar-refractivity contribution in [3.8, 4) is 6.07 Å². The van der Waals surface area contributed by atoms with Gasteiger partial charge in [0.2, 0.25) is 0 Å². The number of nitrogens with one attached hydrogen (secondary N) is 1. The van der Waals surface area contributed by atoms with Crippen LogP contribution in [0.3, 0.4) is 0 Å². The maximum atomic E-state index is 12.2.